The van der Waals surface area contributed by atoms with Crippen LogP contribution in [0, 0.1) is 0 Å². The van der Waals surface area contributed by atoms with E-state index in [9.17, 15) is 4.79 Å². The summed E-state index contributed by atoms with van der Waals surface area (Å²) in [4.78, 5) is 18.6. The second-order valence-electron chi connectivity index (χ2n) is 5.52. The number of carbonyl (C=O) groups excluding carboxylic acids is 1. The molecule has 0 saturated heterocycles. The number of nitrogens with zero attached hydrogens (tertiary/aromatic N) is 4. The van der Waals surface area contributed by atoms with Gasteiger partial charge in [0.15, 0.2) is 0 Å². The summed E-state index contributed by atoms with van der Waals surface area (Å²) >= 11 is 1.48. The molecule has 1 amide bonds. The zero-order chi connectivity index (χ0) is 14.2. The van der Waals surface area contributed by atoms with Gasteiger partial charge in [-0.15, -0.1) is 5.10 Å². The molecule has 2 rings (SSSR count). The molecular weight excluding hydrogens is 262 g/mol. The molecule has 0 aliphatic heterocycles. The van der Waals surface area contributed by atoms with Crippen molar-refractivity contribution in [1.29, 1.82) is 0 Å². The van der Waals surface area contributed by atoms with Gasteiger partial charge in [-0.1, -0.05) is 32.1 Å². The minimum absolute atomic E-state index is 0.0155. The van der Waals surface area contributed by atoms with E-state index < -0.39 is 0 Å². The molecule has 0 fully saturated rings. The van der Waals surface area contributed by atoms with E-state index in [1.807, 2.05) is 18.1 Å². The molecule has 2 aromatic heterocycles. The molecule has 0 aliphatic carbocycles. The highest BCUT2D eigenvalue weighted by Crippen LogP contribution is 2.26. The van der Waals surface area contributed by atoms with Crippen molar-refractivity contribution in [3.8, 4) is 0 Å². The fourth-order valence-corrected chi connectivity index (χ4v) is 2.41. The topological polar surface area (TPSA) is 62.5 Å². The Hall–Kier alpha value is -1.63. The second kappa shape index (κ2) is 4.80. The first kappa shape index (κ1) is 13.8. The number of carbonyl (C=O) groups is 1. The highest BCUT2D eigenvalue weighted by atomic mass is 32.1. The number of hydrogen-bond acceptors (Lipinski definition) is 5. The van der Waals surface area contributed by atoms with Gasteiger partial charge in [0, 0.05) is 19.5 Å². The number of imidazole rings is 1. The van der Waals surface area contributed by atoms with E-state index in [0.29, 0.717) is 6.54 Å². The van der Waals surface area contributed by atoms with E-state index in [1.165, 1.54) is 11.3 Å². The van der Waals surface area contributed by atoms with Gasteiger partial charge in [0.05, 0.1) is 18.4 Å². The summed E-state index contributed by atoms with van der Waals surface area (Å²) in [6.45, 7) is 6.66. The van der Waals surface area contributed by atoms with Crippen LogP contribution in [0.5, 0.6) is 0 Å². The number of rotatable bonds is 3. The quantitative estimate of drug-likeness (QED) is 0.920. The van der Waals surface area contributed by atoms with Gasteiger partial charge in [-0.25, -0.2) is 9.50 Å². The normalized spacial score (nSPS) is 11.8. The lowest BCUT2D eigenvalue weighted by Crippen LogP contribution is -2.32. The van der Waals surface area contributed by atoms with Crippen molar-refractivity contribution in [2.45, 2.75) is 26.2 Å². The molecule has 0 atom stereocenters. The molecule has 6 nitrogen and oxygen atoms in total. The Kier molecular flexibility index (Phi) is 3.49. The number of aromatic nitrogens is 3. The van der Waals surface area contributed by atoms with Gasteiger partial charge in [0.1, 0.15) is 0 Å². The molecule has 0 spiro atoms. The molecule has 0 unspecified atom stereocenters. The van der Waals surface area contributed by atoms with Crippen molar-refractivity contribution in [2.75, 3.05) is 25.5 Å². The van der Waals surface area contributed by atoms with Crippen LogP contribution in [0.2, 0.25) is 0 Å². The SMILES string of the molecule is CNC(=O)CN(C)c1nn2cc(C(C)(C)C)nc2s1. The molecule has 0 aromatic carbocycles. The van der Waals surface area contributed by atoms with Crippen molar-refractivity contribution < 1.29 is 4.79 Å². The zero-order valence-corrected chi connectivity index (χ0v) is 12.7. The predicted octanol–water partition coefficient (Wildman–Crippen LogP) is 1.27. The Morgan fingerprint density at radius 2 is 2.21 bits per heavy atom. The smallest absolute Gasteiger partial charge is 0.239 e. The Morgan fingerprint density at radius 1 is 1.53 bits per heavy atom. The monoisotopic (exact) mass is 281 g/mol. The minimum atomic E-state index is -0.0364. The van der Waals surface area contributed by atoms with Crippen LogP contribution in [-0.2, 0) is 10.2 Å². The predicted molar refractivity (Wildman–Crippen MR) is 76.9 cm³/mol. The molecule has 2 heterocycles. The van der Waals surface area contributed by atoms with Crippen LogP contribution >= 0.6 is 11.3 Å². The highest BCUT2D eigenvalue weighted by molar-refractivity contribution is 7.20. The zero-order valence-electron chi connectivity index (χ0n) is 11.9. The summed E-state index contributed by atoms with van der Waals surface area (Å²) in [6.07, 6.45) is 1.95. The van der Waals surface area contributed by atoms with Crippen molar-refractivity contribution in [1.82, 2.24) is 19.9 Å². The molecular formula is C12H19N5OS. The van der Waals surface area contributed by atoms with E-state index in [4.69, 9.17) is 0 Å². The fourth-order valence-electron chi connectivity index (χ4n) is 1.57. The van der Waals surface area contributed by atoms with Crippen LogP contribution in [0.3, 0.4) is 0 Å². The van der Waals surface area contributed by atoms with Gasteiger partial charge < -0.3 is 10.2 Å². The van der Waals surface area contributed by atoms with Gasteiger partial charge in [0.2, 0.25) is 16.0 Å². The van der Waals surface area contributed by atoms with E-state index in [0.717, 1.165) is 15.8 Å². The van der Waals surface area contributed by atoms with Crippen LogP contribution in [0.15, 0.2) is 6.20 Å². The number of anilines is 1. The summed E-state index contributed by atoms with van der Waals surface area (Å²) in [5, 5.41) is 7.83. The minimum Gasteiger partial charge on any atom is -0.358 e. The Bertz CT molecular complexity index is 563. The summed E-state index contributed by atoms with van der Waals surface area (Å²) in [5.41, 5.74) is 1.04. The average Bonchev–Trinajstić information content (AvgIpc) is 2.84. The molecule has 0 bridgehead atoms. The van der Waals surface area contributed by atoms with Crippen LogP contribution in [-0.4, -0.2) is 41.1 Å². The van der Waals surface area contributed by atoms with E-state index >= 15 is 0 Å². The molecule has 0 saturated carbocycles. The Balaban J connectivity index is 2.23. The van der Waals surface area contributed by atoms with Crippen molar-refractivity contribution >= 4 is 27.3 Å². The van der Waals surface area contributed by atoms with E-state index in [-0.39, 0.29) is 11.3 Å². The Morgan fingerprint density at radius 3 is 2.74 bits per heavy atom. The van der Waals surface area contributed by atoms with Crippen LogP contribution in [0.4, 0.5) is 5.13 Å². The van der Waals surface area contributed by atoms with Crippen LogP contribution in [0.1, 0.15) is 26.5 Å². The molecule has 0 aliphatic rings. The molecule has 1 N–H and O–H groups in total. The average molecular weight is 281 g/mol. The standard InChI is InChI=1S/C12H19N5OS/c1-12(2,3)8-6-17-10(14-8)19-11(15-17)16(5)7-9(18)13-4/h6H,7H2,1-5H3,(H,13,18). The van der Waals surface area contributed by atoms with E-state index in [2.05, 4.69) is 36.2 Å². The lowest BCUT2D eigenvalue weighted by atomic mass is 9.93. The Labute approximate surface area is 116 Å². The van der Waals surface area contributed by atoms with Gasteiger partial charge in [-0.05, 0) is 0 Å². The third-order valence-electron chi connectivity index (χ3n) is 2.79. The molecule has 104 valence electrons. The second-order valence-corrected chi connectivity index (χ2v) is 6.45. The number of fused-ring (bicyclic) bond motifs is 1. The molecule has 2 aromatic rings. The molecule has 19 heavy (non-hydrogen) atoms. The first-order valence-electron chi connectivity index (χ1n) is 6.09. The number of amides is 1. The maximum Gasteiger partial charge on any atom is 0.239 e. The summed E-state index contributed by atoms with van der Waals surface area (Å²) in [5.74, 6) is -0.0364. The molecule has 7 heteroatoms. The number of nitrogens with one attached hydrogen (secondary N) is 1. The van der Waals surface area contributed by atoms with Crippen molar-refractivity contribution in [2.24, 2.45) is 0 Å². The lowest BCUT2D eigenvalue weighted by Gasteiger charge is -2.14. The van der Waals surface area contributed by atoms with Crippen LogP contribution in [0.25, 0.3) is 4.96 Å². The number of likely N-dealkylation sites (N-methyl/N-ethyl adjacent to an activating group) is 2. The molecule has 0 radical (unpaired) electrons. The maximum absolute atomic E-state index is 11.3. The highest BCUT2D eigenvalue weighted by Gasteiger charge is 2.20. The summed E-state index contributed by atoms with van der Waals surface area (Å²) < 4.78 is 1.78. The summed E-state index contributed by atoms with van der Waals surface area (Å²) in [7, 11) is 3.47. The third-order valence-corrected chi connectivity index (χ3v) is 3.82. The van der Waals surface area contributed by atoms with Crippen LogP contribution < -0.4 is 10.2 Å². The van der Waals surface area contributed by atoms with Crippen molar-refractivity contribution in [3.63, 3.8) is 0 Å². The fraction of sp³-hybridized carbons (Fsp3) is 0.583. The van der Waals surface area contributed by atoms with Gasteiger partial charge >= 0.3 is 0 Å². The third kappa shape index (κ3) is 2.86. The maximum atomic E-state index is 11.3. The van der Waals surface area contributed by atoms with Gasteiger partial charge in [0.25, 0.3) is 0 Å². The van der Waals surface area contributed by atoms with Gasteiger partial charge in [-0.2, -0.15) is 0 Å². The first-order chi connectivity index (χ1) is 8.81. The number of hydrogen-bond donors (Lipinski definition) is 1. The van der Waals surface area contributed by atoms with E-state index in [1.54, 1.807) is 11.6 Å². The largest absolute Gasteiger partial charge is 0.358 e. The first-order valence-corrected chi connectivity index (χ1v) is 6.91. The van der Waals surface area contributed by atoms with Crippen molar-refractivity contribution in [3.05, 3.63) is 11.9 Å². The summed E-state index contributed by atoms with van der Waals surface area (Å²) in [6, 6.07) is 0. The lowest BCUT2D eigenvalue weighted by molar-refractivity contribution is -0.119. The van der Waals surface area contributed by atoms with Gasteiger partial charge in [-0.3, -0.25) is 4.79 Å².